The Morgan fingerprint density at radius 3 is 3.10 bits per heavy atom. The third-order valence-electron chi connectivity index (χ3n) is 4.26. The van der Waals surface area contributed by atoms with Crippen LogP contribution in [0, 0.1) is 22.0 Å². The van der Waals surface area contributed by atoms with E-state index in [1.807, 2.05) is 0 Å². The van der Waals surface area contributed by atoms with E-state index in [2.05, 4.69) is 16.8 Å². The fraction of sp³-hybridized carbons (Fsp3) is 0.500. The second-order valence-electron chi connectivity index (χ2n) is 5.61. The molecule has 2 heterocycles. The van der Waals surface area contributed by atoms with Crippen LogP contribution in [0.5, 0.6) is 0 Å². The van der Waals surface area contributed by atoms with E-state index in [0.29, 0.717) is 35.5 Å². The van der Waals surface area contributed by atoms with Gasteiger partial charge in [-0.3, -0.25) is 10.1 Å². The number of rotatable bonds is 3. The summed E-state index contributed by atoms with van der Waals surface area (Å²) in [6, 6.07) is 4.99. The van der Waals surface area contributed by atoms with Crippen LogP contribution < -0.4 is 10.6 Å². The van der Waals surface area contributed by atoms with Gasteiger partial charge in [0.05, 0.1) is 4.92 Å². The number of oxazole rings is 1. The lowest BCUT2D eigenvalue weighted by Crippen LogP contribution is -2.42. The van der Waals surface area contributed by atoms with Gasteiger partial charge in [-0.05, 0) is 30.9 Å². The van der Waals surface area contributed by atoms with E-state index in [0.717, 1.165) is 19.5 Å². The molecule has 1 fully saturated rings. The second-order valence-corrected chi connectivity index (χ2v) is 5.61. The number of hydrogen-bond donors (Lipinski definition) is 1. The minimum absolute atomic E-state index is 0.0226. The van der Waals surface area contributed by atoms with Crippen molar-refractivity contribution in [2.75, 3.05) is 24.5 Å². The van der Waals surface area contributed by atoms with Crippen LogP contribution in [0.4, 0.5) is 11.7 Å². The molecule has 1 aliphatic rings. The predicted molar refractivity (Wildman–Crippen MR) is 79.2 cm³/mol. The Labute approximate surface area is 121 Å². The van der Waals surface area contributed by atoms with E-state index < -0.39 is 4.92 Å². The molecule has 2 atom stereocenters. The maximum absolute atomic E-state index is 10.8. The summed E-state index contributed by atoms with van der Waals surface area (Å²) in [6.07, 6.45) is 1.04. The molecule has 0 spiro atoms. The first-order chi connectivity index (χ1) is 10.1. The molecule has 1 saturated heterocycles. The molecule has 1 aromatic heterocycles. The zero-order chi connectivity index (χ0) is 15.0. The summed E-state index contributed by atoms with van der Waals surface area (Å²) in [4.78, 5) is 16.8. The maximum Gasteiger partial charge on any atom is 0.298 e. The Hall–Kier alpha value is -2.15. The SMILES string of the molecule is CC1CCN(c2nc3cc([N+](=O)[O-])ccc3o2)CC1CN. The molecule has 3 rings (SSSR count). The average molecular weight is 290 g/mol. The van der Waals surface area contributed by atoms with Gasteiger partial charge in [0.15, 0.2) is 5.58 Å². The molecular weight excluding hydrogens is 272 g/mol. The highest BCUT2D eigenvalue weighted by Gasteiger charge is 2.27. The Balaban J connectivity index is 1.89. The van der Waals surface area contributed by atoms with Crippen molar-refractivity contribution >= 4 is 22.8 Å². The van der Waals surface area contributed by atoms with Crippen LogP contribution in [-0.4, -0.2) is 29.5 Å². The molecule has 0 radical (unpaired) electrons. The number of hydrogen-bond acceptors (Lipinski definition) is 6. The fourth-order valence-corrected chi connectivity index (χ4v) is 2.78. The molecule has 1 aliphatic heterocycles. The third-order valence-corrected chi connectivity index (χ3v) is 4.26. The van der Waals surface area contributed by atoms with Crippen LogP contribution in [-0.2, 0) is 0 Å². The number of nitro benzene ring substituents is 1. The highest BCUT2D eigenvalue weighted by Crippen LogP contribution is 2.30. The van der Waals surface area contributed by atoms with Crippen molar-refractivity contribution in [1.29, 1.82) is 0 Å². The van der Waals surface area contributed by atoms with Crippen LogP contribution in [0.1, 0.15) is 13.3 Å². The first kappa shape index (κ1) is 13.8. The van der Waals surface area contributed by atoms with Gasteiger partial charge in [-0.15, -0.1) is 0 Å². The molecule has 2 aromatic rings. The normalized spacial score (nSPS) is 22.7. The van der Waals surface area contributed by atoms with Gasteiger partial charge < -0.3 is 15.1 Å². The summed E-state index contributed by atoms with van der Waals surface area (Å²) in [5.74, 6) is 1.01. The van der Waals surface area contributed by atoms with Gasteiger partial charge >= 0.3 is 0 Å². The van der Waals surface area contributed by atoms with Gasteiger partial charge in [-0.25, -0.2) is 0 Å². The van der Waals surface area contributed by atoms with Crippen molar-refractivity contribution in [2.45, 2.75) is 13.3 Å². The smallest absolute Gasteiger partial charge is 0.298 e. The first-order valence-electron chi connectivity index (χ1n) is 7.08. The lowest BCUT2D eigenvalue weighted by molar-refractivity contribution is -0.384. The number of fused-ring (bicyclic) bond motifs is 1. The van der Waals surface area contributed by atoms with E-state index in [-0.39, 0.29) is 5.69 Å². The molecule has 7 heteroatoms. The van der Waals surface area contributed by atoms with E-state index in [1.165, 1.54) is 12.1 Å². The molecule has 2 unspecified atom stereocenters. The van der Waals surface area contributed by atoms with E-state index in [4.69, 9.17) is 10.2 Å². The van der Waals surface area contributed by atoms with E-state index >= 15 is 0 Å². The summed E-state index contributed by atoms with van der Waals surface area (Å²) in [5, 5.41) is 10.8. The molecule has 0 saturated carbocycles. The van der Waals surface area contributed by atoms with Crippen molar-refractivity contribution in [2.24, 2.45) is 17.6 Å². The molecule has 0 amide bonds. The molecule has 0 aliphatic carbocycles. The number of nitrogens with two attached hydrogens (primary N) is 1. The number of piperidine rings is 1. The van der Waals surface area contributed by atoms with Gasteiger partial charge in [0.1, 0.15) is 5.52 Å². The standard InChI is InChI=1S/C14H18N4O3/c1-9-4-5-17(8-10(9)7-15)14-16-12-6-11(18(19)20)2-3-13(12)21-14/h2-3,6,9-10H,4-5,7-8,15H2,1H3. The average Bonchev–Trinajstić information content (AvgIpc) is 2.90. The van der Waals surface area contributed by atoms with Crippen molar-refractivity contribution in [1.82, 2.24) is 4.98 Å². The lowest BCUT2D eigenvalue weighted by Gasteiger charge is -2.35. The van der Waals surface area contributed by atoms with E-state index in [1.54, 1.807) is 6.07 Å². The Bertz CT molecular complexity index is 669. The number of anilines is 1. The van der Waals surface area contributed by atoms with Crippen LogP contribution >= 0.6 is 0 Å². The van der Waals surface area contributed by atoms with Gasteiger partial charge in [-0.2, -0.15) is 4.98 Å². The summed E-state index contributed by atoms with van der Waals surface area (Å²) < 4.78 is 5.72. The zero-order valence-electron chi connectivity index (χ0n) is 11.9. The molecule has 7 nitrogen and oxygen atoms in total. The predicted octanol–water partition coefficient (Wildman–Crippen LogP) is 2.16. The largest absolute Gasteiger partial charge is 0.423 e. The summed E-state index contributed by atoms with van der Waals surface area (Å²) >= 11 is 0. The Morgan fingerprint density at radius 1 is 1.57 bits per heavy atom. The van der Waals surface area contributed by atoms with Crippen molar-refractivity contribution in [3.05, 3.63) is 28.3 Å². The lowest BCUT2D eigenvalue weighted by atomic mass is 9.87. The molecular formula is C14H18N4O3. The van der Waals surface area contributed by atoms with Gasteiger partial charge in [0.25, 0.3) is 11.7 Å². The minimum atomic E-state index is -0.430. The second kappa shape index (κ2) is 5.33. The fourth-order valence-electron chi connectivity index (χ4n) is 2.78. The Morgan fingerprint density at radius 2 is 2.38 bits per heavy atom. The van der Waals surface area contributed by atoms with Gasteiger partial charge in [-0.1, -0.05) is 6.92 Å². The highest BCUT2D eigenvalue weighted by atomic mass is 16.6. The summed E-state index contributed by atoms with van der Waals surface area (Å²) in [5.41, 5.74) is 6.92. The zero-order valence-corrected chi connectivity index (χ0v) is 11.9. The van der Waals surface area contributed by atoms with Crippen LogP contribution in [0.15, 0.2) is 22.6 Å². The quantitative estimate of drug-likeness (QED) is 0.687. The van der Waals surface area contributed by atoms with Crippen molar-refractivity contribution in [3.8, 4) is 0 Å². The van der Waals surface area contributed by atoms with Gasteiger partial charge in [0.2, 0.25) is 0 Å². The molecule has 0 bridgehead atoms. The van der Waals surface area contributed by atoms with Crippen LogP contribution in [0.25, 0.3) is 11.1 Å². The topological polar surface area (TPSA) is 98.4 Å². The number of nitrogens with zero attached hydrogens (tertiary/aromatic N) is 3. The van der Waals surface area contributed by atoms with Gasteiger partial charge in [0, 0.05) is 25.2 Å². The van der Waals surface area contributed by atoms with Crippen LogP contribution in [0.2, 0.25) is 0 Å². The first-order valence-corrected chi connectivity index (χ1v) is 7.08. The monoisotopic (exact) mass is 290 g/mol. The molecule has 2 N–H and O–H groups in total. The number of benzene rings is 1. The minimum Gasteiger partial charge on any atom is -0.423 e. The van der Waals surface area contributed by atoms with Crippen molar-refractivity contribution < 1.29 is 9.34 Å². The molecule has 112 valence electrons. The number of non-ortho nitro benzene ring substituents is 1. The third kappa shape index (κ3) is 2.56. The van der Waals surface area contributed by atoms with Crippen LogP contribution in [0.3, 0.4) is 0 Å². The molecule has 21 heavy (non-hydrogen) atoms. The maximum atomic E-state index is 10.8. The van der Waals surface area contributed by atoms with Crippen molar-refractivity contribution in [3.63, 3.8) is 0 Å². The Kier molecular flexibility index (Phi) is 3.50. The van der Waals surface area contributed by atoms with E-state index in [9.17, 15) is 10.1 Å². The number of nitro groups is 1. The highest BCUT2D eigenvalue weighted by molar-refractivity contribution is 5.77. The molecule has 1 aromatic carbocycles. The number of aromatic nitrogens is 1. The summed E-state index contributed by atoms with van der Waals surface area (Å²) in [6.45, 7) is 4.53. The summed E-state index contributed by atoms with van der Waals surface area (Å²) in [7, 11) is 0.